The van der Waals surface area contributed by atoms with Crippen LogP contribution in [-0.4, -0.2) is 20.6 Å². The maximum Gasteiger partial charge on any atom is 0.153 e. The van der Waals surface area contributed by atoms with Crippen molar-refractivity contribution in [3.63, 3.8) is 0 Å². The molecule has 2 aromatic heterocycles. The van der Waals surface area contributed by atoms with Gasteiger partial charge in [0.05, 0.1) is 5.69 Å². The van der Waals surface area contributed by atoms with Gasteiger partial charge in [-0.25, -0.2) is 9.67 Å². The van der Waals surface area contributed by atoms with Gasteiger partial charge in [0.25, 0.3) is 0 Å². The molecule has 0 aliphatic heterocycles. The zero-order valence-corrected chi connectivity index (χ0v) is 9.30. The van der Waals surface area contributed by atoms with Crippen LogP contribution in [0.4, 0.5) is 0 Å². The molecule has 0 atom stereocenters. The first-order valence-corrected chi connectivity index (χ1v) is 5.60. The summed E-state index contributed by atoms with van der Waals surface area (Å²) in [4.78, 5) is 4.24. The van der Waals surface area contributed by atoms with Gasteiger partial charge in [0.15, 0.2) is 5.82 Å². The van der Waals surface area contributed by atoms with Crippen molar-refractivity contribution in [2.24, 2.45) is 5.73 Å². The second kappa shape index (κ2) is 3.69. The molecule has 5 nitrogen and oxygen atoms in total. The highest BCUT2D eigenvalue weighted by molar-refractivity contribution is 5.94. The van der Waals surface area contributed by atoms with Crippen LogP contribution in [-0.2, 0) is 0 Å². The topological polar surface area (TPSA) is 80.6 Å². The van der Waals surface area contributed by atoms with Gasteiger partial charge >= 0.3 is 0 Å². The average Bonchev–Trinajstić information content (AvgIpc) is 3.07. The van der Waals surface area contributed by atoms with Crippen LogP contribution in [0.3, 0.4) is 0 Å². The Morgan fingerprint density at radius 2 is 2.18 bits per heavy atom. The first kappa shape index (κ1) is 10.0. The summed E-state index contributed by atoms with van der Waals surface area (Å²) in [5.41, 5.74) is 7.14. The molecule has 1 fully saturated rings. The highest BCUT2D eigenvalue weighted by atomic mass is 15.3. The van der Waals surface area contributed by atoms with Crippen LogP contribution in [0.2, 0.25) is 0 Å². The van der Waals surface area contributed by atoms with E-state index in [9.17, 15) is 0 Å². The van der Waals surface area contributed by atoms with E-state index < -0.39 is 0 Å². The number of amidine groups is 1. The van der Waals surface area contributed by atoms with Crippen molar-refractivity contribution in [1.29, 1.82) is 5.41 Å². The summed E-state index contributed by atoms with van der Waals surface area (Å²) in [5, 5.41) is 11.8. The minimum atomic E-state index is 0.0307. The van der Waals surface area contributed by atoms with Crippen molar-refractivity contribution in [2.45, 2.75) is 18.8 Å². The molecule has 0 radical (unpaired) electrons. The summed E-state index contributed by atoms with van der Waals surface area (Å²) in [7, 11) is 0. The lowest BCUT2D eigenvalue weighted by Crippen LogP contribution is -2.11. The maximum absolute atomic E-state index is 7.29. The molecule has 3 N–H and O–H groups in total. The van der Waals surface area contributed by atoms with Gasteiger partial charge in [0, 0.05) is 23.9 Å². The van der Waals surface area contributed by atoms with E-state index in [4.69, 9.17) is 11.1 Å². The Kier molecular flexibility index (Phi) is 2.18. The van der Waals surface area contributed by atoms with Crippen LogP contribution < -0.4 is 5.73 Å². The predicted molar refractivity (Wildman–Crippen MR) is 64.4 cm³/mol. The predicted octanol–water partition coefficient (Wildman–Crippen LogP) is 1.43. The van der Waals surface area contributed by atoms with Crippen LogP contribution in [0.5, 0.6) is 0 Å². The maximum atomic E-state index is 7.29. The molecule has 0 saturated heterocycles. The van der Waals surface area contributed by atoms with Gasteiger partial charge in [-0.2, -0.15) is 5.10 Å². The van der Waals surface area contributed by atoms with Gasteiger partial charge in [-0.15, -0.1) is 0 Å². The summed E-state index contributed by atoms with van der Waals surface area (Å²) < 4.78 is 1.76. The van der Waals surface area contributed by atoms with E-state index in [-0.39, 0.29) is 5.84 Å². The Morgan fingerprint density at radius 3 is 2.76 bits per heavy atom. The molecule has 0 spiro atoms. The quantitative estimate of drug-likeness (QED) is 0.614. The molecule has 86 valence electrons. The summed E-state index contributed by atoms with van der Waals surface area (Å²) in [6.07, 6.45) is 6.00. The van der Waals surface area contributed by atoms with Crippen molar-refractivity contribution in [2.75, 3.05) is 0 Å². The Hall–Kier alpha value is -2.17. The molecule has 0 amide bonds. The number of nitrogens with one attached hydrogen (secondary N) is 1. The molecular formula is C12H13N5. The fraction of sp³-hybridized carbons (Fsp3) is 0.250. The van der Waals surface area contributed by atoms with Crippen LogP contribution >= 0.6 is 0 Å². The molecule has 0 bridgehead atoms. The van der Waals surface area contributed by atoms with Gasteiger partial charge in [0.2, 0.25) is 0 Å². The number of hydrogen-bond acceptors (Lipinski definition) is 3. The molecule has 1 aliphatic rings. The third-order valence-electron chi connectivity index (χ3n) is 2.90. The number of hydrogen-bond donors (Lipinski definition) is 2. The highest BCUT2D eigenvalue weighted by Crippen LogP contribution is 2.38. The number of rotatable bonds is 3. The molecule has 3 rings (SSSR count). The lowest BCUT2D eigenvalue weighted by atomic mass is 10.2. The van der Waals surface area contributed by atoms with Crippen molar-refractivity contribution in [3.8, 4) is 5.82 Å². The summed E-state index contributed by atoms with van der Waals surface area (Å²) in [6, 6.07) is 5.64. The van der Waals surface area contributed by atoms with Gasteiger partial charge in [0.1, 0.15) is 5.84 Å². The fourth-order valence-corrected chi connectivity index (χ4v) is 1.74. The highest BCUT2D eigenvalue weighted by Gasteiger charge is 2.25. The van der Waals surface area contributed by atoms with Crippen LogP contribution in [0, 0.1) is 5.41 Å². The van der Waals surface area contributed by atoms with E-state index in [1.165, 1.54) is 12.8 Å². The monoisotopic (exact) mass is 227 g/mol. The summed E-state index contributed by atoms with van der Waals surface area (Å²) in [6.45, 7) is 0. The van der Waals surface area contributed by atoms with Gasteiger partial charge in [-0.05, 0) is 31.0 Å². The number of pyridine rings is 1. The van der Waals surface area contributed by atoms with E-state index in [2.05, 4.69) is 10.1 Å². The SMILES string of the molecule is N=C(N)c1ccc(-n2ccc(C3CC3)n2)nc1. The number of nitrogen functional groups attached to an aromatic ring is 1. The third-order valence-corrected chi connectivity index (χ3v) is 2.90. The van der Waals surface area contributed by atoms with Crippen LogP contribution in [0.1, 0.15) is 30.0 Å². The smallest absolute Gasteiger partial charge is 0.153 e. The number of nitrogens with two attached hydrogens (primary N) is 1. The van der Waals surface area contributed by atoms with Gasteiger partial charge in [-0.1, -0.05) is 0 Å². The molecule has 2 aromatic rings. The Morgan fingerprint density at radius 1 is 1.35 bits per heavy atom. The third kappa shape index (κ3) is 1.91. The molecule has 2 heterocycles. The molecule has 1 saturated carbocycles. The Balaban J connectivity index is 1.89. The second-order valence-electron chi connectivity index (χ2n) is 4.28. The Bertz CT molecular complexity index is 551. The van der Waals surface area contributed by atoms with E-state index >= 15 is 0 Å². The van der Waals surface area contributed by atoms with Gasteiger partial charge in [-0.3, -0.25) is 5.41 Å². The molecule has 1 aliphatic carbocycles. The largest absolute Gasteiger partial charge is 0.384 e. The van der Waals surface area contributed by atoms with E-state index in [0.29, 0.717) is 11.5 Å². The van der Waals surface area contributed by atoms with Crippen molar-refractivity contribution in [3.05, 3.63) is 41.9 Å². The second-order valence-corrected chi connectivity index (χ2v) is 4.28. The lowest BCUT2D eigenvalue weighted by molar-refractivity contribution is 0.812. The van der Waals surface area contributed by atoms with E-state index in [0.717, 1.165) is 11.5 Å². The zero-order chi connectivity index (χ0) is 11.8. The average molecular weight is 227 g/mol. The first-order chi connectivity index (χ1) is 8.24. The first-order valence-electron chi connectivity index (χ1n) is 5.60. The van der Waals surface area contributed by atoms with Crippen molar-refractivity contribution in [1.82, 2.24) is 14.8 Å². The van der Waals surface area contributed by atoms with Gasteiger partial charge < -0.3 is 5.73 Å². The molecule has 0 unspecified atom stereocenters. The lowest BCUT2D eigenvalue weighted by Gasteiger charge is -2.01. The number of aromatic nitrogens is 3. The minimum absolute atomic E-state index is 0.0307. The molecular weight excluding hydrogens is 214 g/mol. The Labute approximate surface area is 98.8 Å². The molecule has 17 heavy (non-hydrogen) atoms. The zero-order valence-electron chi connectivity index (χ0n) is 9.30. The van der Waals surface area contributed by atoms with E-state index in [1.54, 1.807) is 16.9 Å². The normalized spacial score (nSPS) is 14.8. The standard InChI is InChI=1S/C12H13N5/c13-12(14)9-3-4-11(15-7-9)17-6-5-10(16-17)8-1-2-8/h3-8H,1-2H2,(H3,13,14). The fourth-order valence-electron chi connectivity index (χ4n) is 1.74. The van der Waals surface area contributed by atoms with Crippen LogP contribution in [0.25, 0.3) is 5.82 Å². The van der Waals surface area contributed by atoms with Crippen molar-refractivity contribution >= 4 is 5.84 Å². The summed E-state index contributed by atoms with van der Waals surface area (Å²) in [5.74, 6) is 1.43. The summed E-state index contributed by atoms with van der Waals surface area (Å²) >= 11 is 0. The van der Waals surface area contributed by atoms with E-state index in [1.807, 2.05) is 18.3 Å². The number of nitrogens with zero attached hydrogens (tertiary/aromatic N) is 3. The van der Waals surface area contributed by atoms with Crippen molar-refractivity contribution < 1.29 is 0 Å². The van der Waals surface area contributed by atoms with Crippen LogP contribution in [0.15, 0.2) is 30.6 Å². The molecule has 5 heteroatoms. The molecule has 0 aromatic carbocycles. The minimum Gasteiger partial charge on any atom is -0.384 e.